The van der Waals surface area contributed by atoms with Crippen molar-refractivity contribution in [3.8, 4) is 11.5 Å². The van der Waals surface area contributed by atoms with E-state index in [2.05, 4.69) is 5.32 Å². The largest absolute Gasteiger partial charge is 0.455 e. The normalized spacial score (nSPS) is 13.5. The Labute approximate surface area is 121 Å². The third kappa shape index (κ3) is 2.67. The molecular formula is C16H15FN2O2. The number of anilines is 2. The van der Waals surface area contributed by atoms with Gasteiger partial charge in [-0.2, -0.15) is 0 Å². The molecule has 1 amide bonds. The van der Waals surface area contributed by atoms with Crippen molar-refractivity contribution in [3.05, 3.63) is 47.3 Å². The highest BCUT2D eigenvalue weighted by Gasteiger charge is 2.18. The quantitative estimate of drug-likeness (QED) is 0.832. The first-order valence-corrected chi connectivity index (χ1v) is 6.69. The maximum atomic E-state index is 13.3. The average Bonchev–Trinajstić information content (AvgIpc) is 2.44. The Balaban J connectivity index is 1.97. The minimum Gasteiger partial charge on any atom is -0.455 e. The predicted molar refractivity (Wildman–Crippen MR) is 79.0 cm³/mol. The Morgan fingerprint density at radius 3 is 2.81 bits per heavy atom. The first-order valence-electron chi connectivity index (χ1n) is 6.69. The standard InChI is InChI=1S/C16H15FN2O2/c1-9-2-4-11(17)7-14(9)21-15-8-13-10(6-12(15)18)3-5-16(20)19-13/h2,4,6-8H,3,5,18H2,1H3,(H,19,20). The van der Waals surface area contributed by atoms with Crippen LogP contribution in [0.15, 0.2) is 30.3 Å². The second-order valence-electron chi connectivity index (χ2n) is 5.11. The van der Waals surface area contributed by atoms with Crippen LogP contribution in [0.5, 0.6) is 11.5 Å². The van der Waals surface area contributed by atoms with Gasteiger partial charge in [0.2, 0.25) is 5.91 Å². The van der Waals surface area contributed by atoms with Crippen LogP contribution in [0.2, 0.25) is 0 Å². The lowest BCUT2D eigenvalue weighted by Crippen LogP contribution is -2.19. The Kier molecular flexibility index (Phi) is 3.25. The lowest BCUT2D eigenvalue weighted by Gasteiger charge is -2.19. The highest BCUT2D eigenvalue weighted by atomic mass is 19.1. The zero-order valence-corrected chi connectivity index (χ0v) is 11.6. The molecule has 21 heavy (non-hydrogen) atoms. The SMILES string of the molecule is Cc1ccc(F)cc1Oc1cc2c(cc1N)CCC(=O)N2. The number of hydrogen-bond acceptors (Lipinski definition) is 3. The molecule has 4 nitrogen and oxygen atoms in total. The average molecular weight is 286 g/mol. The van der Waals surface area contributed by atoms with E-state index in [1.54, 1.807) is 18.2 Å². The molecule has 2 aromatic carbocycles. The summed E-state index contributed by atoms with van der Waals surface area (Å²) in [6.07, 6.45) is 1.11. The fraction of sp³-hybridized carbons (Fsp3) is 0.188. The van der Waals surface area contributed by atoms with Crippen LogP contribution in [-0.2, 0) is 11.2 Å². The van der Waals surface area contributed by atoms with Crippen molar-refractivity contribution in [2.24, 2.45) is 0 Å². The molecule has 0 atom stereocenters. The van der Waals surface area contributed by atoms with E-state index in [4.69, 9.17) is 10.5 Å². The minimum atomic E-state index is -0.375. The molecule has 1 aliphatic heterocycles. The van der Waals surface area contributed by atoms with Gasteiger partial charge in [-0.05, 0) is 36.6 Å². The molecule has 0 saturated carbocycles. The topological polar surface area (TPSA) is 64.3 Å². The van der Waals surface area contributed by atoms with Crippen LogP contribution < -0.4 is 15.8 Å². The van der Waals surface area contributed by atoms with Crippen molar-refractivity contribution >= 4 is 17.3 Å². The summed E-state index contributed by atoms with van der Waals surface area (Å²) < 4.78 is 19.0. The number of nitrogens with one attached hydrogen (secondary N) is 1. The number of ether oxygens (including phenoxy) is 1. The van der Waals surface area contributed by atoms with E-state index in [-0.39, 0.29) is 11.7 Å². The predicted octanol–water partition coefficient (Wildman–Crippen LogP) is 3.39. The van der Waals surface area contributed by atoms with Gasteiger partial charge in [-0.25, -0.2) is 4.39 Å². The third-order valence-corrected chi connectivity index (χ3v) is 3.50. The van der Waals surface area contributed by atoms with E-state index in [9.17, 15) is 9.18 Å². The van der Waals surface area contributed by atoms with Crippen molar-refractivity contribution in [1.82, 2.24) is 0 Å². The molecular weight excluding hydrogens is 271 g/mol. The van der Waals surface area contributed by atoms with Crippen LogP contribution in [-0.4, -0.2) is 5.91 Å². The van der Waals surface area contributed by atoms with Gasteiger partial charge in [0, 0.05) is 24.2 Å². The number of carbonyl (C=O) groups is 1. The summed E-state index contributed by atoms with van der Waals surface area (Å²) in [5.74, 6) is 0.411. The summed E-state index contributed by atoms with van der Waals surface area (Å²) in [6, 6.07) is 7.80. The van der Waals surface area contributed by atoms with Gasteiger partial charge in [0.1, 0.15) is 11.6 Å². The van der Waals surface area contributed by atoms with Crippen LogP contribution in [0.25, 0.3) is 0 Å². The molecule has 0 fully saturated rings. The molecule has 0 aliphatic carbocycles. The number of nitrogens with two attached hydrogens (primary N) is 1. The van der Waals surface area contributed by atoms with E-state index >= 15 is 0 Å². The highest BCUT2D eigenvalue weighted by molar-refractivity contribution is 5.94. The maximum Gasteiger partial charge on any atom is 0.224 e. The highest BCUT2D eigenvalue weighted by Crippen LogP contribution is 2.36. The second kappa shape index (κ2) is 5.09. The van der Waals surface area contributed by atoms with Crippen LogP contribution >= 0.6 is 0 Å². The fourth-order valence-electron chi connectivity index (χ4n) is 2.32. The molecule has 0 radical (unpaired) electrons. The lowest BCUT2D eigenvalue weighted by atomic mass is 10.0. The summed E-state index contributed by atoms with van der Waals surface area (Å²) >= 11 is 0. The van der Waals surface area contributed by atoms with Crippen molar-refractivity contribution < 1.29 is 13.9 Å². The molecule has 2 aromatic rings. The maximum absolute atomic E-state index is 13.3. The molecule has 3 N–H and O–H groups in total. The van der Waals surface area contributed by atoms with Crippen LogP contribution in [0.4, 0.5) is 15.8 Å². The van der Waals surface area contributed by atoms with E-state index in [0.29, 0.717) is 35.7 Å². The van der Waals surface area contributed by atoms with Gasteiger partial charge >= 0.3 is 0 Å². The summed E-state index contributed by atoms with van der Waals surface area (Å²) in [7, 11) is 0. The summed E-state index contributed by atoms with van der Waals surface area (Å²) in [5.41, 5.74) is 8.93. The zero-order valence-electron chi connectivity index (χ0n) is 11.6. The Bertz CT molecular complexity index is 728. The molecule has 0 saturated heterocycles. The minimum absolute atomic E-state index is 0.0276. The van der Waals surface area contributed by atoms with Gasteiger partial charge in [0.25, 0.3) is 0 Å². The Hall–Kier alpha value is -2.56. The smallest absolute Gasteiger partial charge is 0.224 e. The third-order valence-electron chi connectivity index (χ3n) is 3.50. The van der Waals surface area contributed by atoms with Gasteiger partial charge in [0.05, 0.1) is 5.69 Å². The number of rotatable bonds is 2. The number of halogens is 1. The molecule has 3 rings (SSSR count). The van der Waals surface area contributed by atoms with E-state index in [1.807, 2.05) is 6.92 Å². The van der Waals surface area contributed by atoms with Gasteiger partial charge in [-0.15, -0.1) is 0 Å². The Morgan fingerprint density at radius 1 is 1.19 bits per heavy atom. The second-order valence-corrected chi connectivity index (χ2v) is 5.11. The van der Waals surface area contributed by atoms with Gasteiger partial charge in [-0.1, -0.05) is 6.07 Å². The van der Waals surface area contributed by atoms with Crippen LogP contribution in [0, 0.1) is 12.7 Å². The first-order chi connectivity index (χ1) is 10.0. The number of benzene rings is 2. The number of nitrogen functional groups attached to an aromatic ring is 1. The molecule has 0 bridgehead atoms. The molecule has 0 unspecified atom stereocenters. The van der Waals surface area contributed by atoms with E-state index in [1.165, 1.54) is 12.1 Å². The molecule has 0 aromatic heterocycles. The van der Waals surface area contributed by atoms with Crippen molar-refractivity contribution in [1.29, 1.82) is 0 Å². The lowest BCUT2D eigenvalue weighted by molar-refractivity contribution is -0.116. The van der Waals surface area contributed by atoms with E-state index in [0.717, 1.165) is 11.1 Å². The summed E-state index contributed by atoms with van der Waals surface area (Å²) in [4.78, 5) is 11.4. The van der Waals surface area contributed by atoms with Gasteiger partial charge in [-0.3, -0.25) is 4.79 Å². The molecule has 0 spiro atoms. The zero-order chi connectivity index (χ0) is 15.0. The summed E-state index contributed by atoms with van der Waals surface area (Å²) in [5, 5.41) is 2.79. The number of carbonyl (C=O) groups excluding carboxylic acids is 1. The molecule has 1 heterocycles. The van der Waals surface area contributed by atoms with Crippen molar-refractivity contribution in [2.45, 2.75) is 19.8 Å². The molecule has 1 aliphatic rings. The van der Waals surface area contributed by atoms with Gasteiger partial charge in [0.15, 0.2) is 5.75 Å². The fourth-order valence-corrected chi connectivity index (χ4v) is 2.32. The van der Waals surface area contributed by atoms with E-state index < -0.39 is 0 Å². The molecule has 108 valence electrons. The monoisotopic (exact) mass is 286 g/mol. The number of hydrogen-bond donors (Lipinski definition) is 2. The number of aryl methyl sites for hydroxylation is 2. The first kappa shape index (κ1) is 13.4. The number of fused-ring (bicyclic) bond motifs is 1. The van der Waals surface area contributed by atoms with Crippen molar-refractivity contribution in [3.63, 3.8) is 0 Å². The van der Waals surface area contributed by atoms with Crippen LogP contribution in [0.3, 0.4) is 0 Å². The molecule has 5 heteroatoms. The number of amides is 1. The van der Waals surface area contributed by atoms with Crippen molar-refractivity contribution in [2.75, 3.05) is 11.1 Å². The van der Waals surface area contributed by atoms with Crippen LogP contribution in [0.1, 0.15) is 17.5 Å². The summed E-state index contributed by atoms with van der Waals surface area (Å²) in [6.45, 7) is 1.82. The Morgan fingerprint density at radius 2 is 2.00 bits per heavy atom. The van der Waals surface area contributed by atoms with Gasteiger partial charge < -0.3 is 15.8 Å².